The summed E-state index contributed by atoms with van der Waals surface area (Å²) in [5, 5.41) is 0. The summed E-state index contributed by atoms with van der Waals surface area (Å²) in [5.74, 6) is 0. The second-order valence-electron chi connectivity index (χ2n) is 6.42. The molecule has 2 heteroatoms. The van der Waals surface area contributed by atoms with Crippen molar-refractivity contribution in [2.24, 2.45) is 0 Å². The molecule has 126 valence electrons. The largest absolute Gasteiger partial charge is 0.317 e. The van der Waals surface area contributed by atoms with Crippen LogP contribution in [0.5, 0.6) is 0 Å². The van der Waals surface area contributed by atoms with Gasteiger partial charge in [0, 0.05) is 12.8 Å². The van der Waals surface area contributed by atoms with E-state index in [1.165, 1.54) is 89.9 Å². The Morgan fingerprint density at radius 1 is 0.318 bits per heavy atom. The summed E-state index contributed by atoms with van der Waals surface area (Å²) in [7, 11) is 0. The van der Waals surface area contributed by atoms with Gasteiger partial charge in [-0.25, -0.2) is 13.1 Å². The van der Waals surface area contributed by atoms with Gasteiger partial charge in [0.25, 0.3) is 0 Å². The Kier molecular flexibility index (Phi) is 19.1. The van der Waals surface area contributed by atoms with Crippen molar-refractivity contribution in [3.05, 3.63) is 22.8 Å². The minimum Gasteiger partial charge on any atom is -0.317 e. The first-order valence-corrected chi connectivity index (χ1v) is 9.58. The van der Waals surface area contributed by atoms with Gasteiger partial charge in [-0.2, -0.15) is 0 Å². The molecule has 0 amide bonds. The van der Waals surface area contributed by atoms with Crippen molar-refractivity contribution in [3.63, 3.8) is 0 Å². The highest BCUT2D eigenvalue weighted by Crippen LogP contribution is 2.13. The molecule has 0 N–H and O–H groups in total. The topological polar surface area (TPSA) is 8.72 Å². The fourth-order valence-electron chi connectivity index (χ4n) is 2.86. The summed E-state index contributed by atoms with van der Waals surface area (Å²) < 4.78 is 0. The molecule has 0 aromatic heterocycles. The van der Waals surface area contributed by atoms with Gasteiger partial charge in [-0.1, -0.05) is 77.0 Å². The maximum Gasteiger partial charge on any atom is 0.214 e. The molecule has 0 radical (unpaired) electrons. The highest BCUT2D eigenvalue weighted by atomic mass is 14.6. The number of unbranched alkanes of at least 4 members (excludes halogenated alkanes) is 15. The van der Waals surface area contributed by atoms with Gasteiger partial charge in [-0.15, -0.1) is 0 Å². The van der Waals surface area contributed by atoms with Gasteiger partial charge < -0.3 is 9.69 Å². The maximum absolute atomic E-state index is 6.72. The third-order valence-corrected chi connectivity index (χ3v) is 4.29. The summed E-state index contributed by atoms with van der Waals surface area (Å²) in [5.41, 5.74) is 0. The molecule has 0 atom stereocenters. The van der Waals surface area contributed by atoms with Crippen LogP contribution < -0.4 is 0 Å². The van der Waals surface area contributed by atoms with E-state index in [0.717, 1.165) is 25.9 Å². The van der Waals surface area contributed by atoms with Crippen molar-refractivity contribution < 1.29 is 0 Å². The zero-order chi connectivity index (χ0) is 16.1. The molecule has 0 bridgehead atoms. The second-order valence-corrected chi connectivity index (χ2v) is 6.42. The molecule has 0 aromatic carbocycles. The summed E-state index contributed by atoms with van der Waals surface area (Å²) in [4.78, 5) is 6.77. The Hall–Kier alpha value is -1.02. The molecular formula is C20H36N2. The molecule has 0 heterocycles. The summed E-state index contributed by atoms with van der Waals surface area (Å²) >= 11 is 0. The number of hydrogen-bond acceptors (Lipinski definition) is 0. The summed E-state index contributed by atoms with van der Waals surface area (Å²) in [6, 6.07) is 0. The molecule has 0 aromatic rings. The van der Waals surface area contributed by atoms with Crippen molar-refractivity contribution in [2.75, 3.05) is 13.1 Å². The third kappa shape index (κ3) is 19.0. The van der Waals surface area contributed by atoms with E-state index < -0.39 is 0 Å². The van der Waals surface area contributed by atoms with Crippen LogP contribution in [-0.4, -0.2) is 13.1 Å². The van der Waals surface area contributed by atoms with Crippen molar-refractivity contribution in [1.82, 2.24) is 0 Å². The number of rotatable bonds is 17. The van der Waals surface area contributed by atoms with Crippen molar-refractivity contribution in [2.45, 2.75) is 103 Å². The Morgan fingerprint density at radius 2 is 0.500 bits per heavy atom. The molecule has 0 spiro atoms. The first-order chi connectivity index (χ1) is 10.9. The van der Waals surface area contributed by atoms with Crippen LogP contribution in [0.25, 0.3) is 9.69 Å². The zero-order valence-corrected chi connectivity index (χ0v) is 14.6. The lowest BCUT2D eigenvalue weighted by Gasteiger charge is -2.03. The van der Waals surface area contributed by atoms with E-state index in [9.17, 15) is 0 Å². The monoisotopic (exact) mass is 304 g/mol. The lowest BCUT2D eigenvalue weighted by molar-refractivity contribution is 0.530. The van der Waals surface area contributed by atoms with Crippen LogP contribution in [0.4, 0.5) is 0 Å². The molecule has 22 heavy (non-hydrogen) atoms. The zero-order valence-electron chi connectivity index (χ0n) is 14.6. The Bertz CT molecular complexity index is 255. The fourth-order valence-corrected chi connectivity index (χ4v) is 2.86. The molecule has 0 fully saturated rings. The van der Waals surface area contributed by atoms with Crippen LogP contribution in [0.15, 0.2) is 0 Å². The molecule has 0 aliphatic heterocycles. The fraction of sp³-hybridized carbons (Fsp3) is 0.900. The van der Waals surface area contributed by atoms with Crippen LogP contribution in [0, 0.1) is 13.1 Å². The molecule has 2 nitrogen and oxygen atoms in total. The van der Waals surface area contributed by atoms with Gasteiger partial charge in [-0.3, -0.25) is 0 Å². The minimum absolute atomic E-state index is 0.723. The average molecular weight is 305 g/mol. The second kappa shape index (κ2) is 20.0. The van der Waals surface area contributed by atoms with Gasteiger partial charge >= 0.3 is 0 Å². The van der Waals surface area contributed by atoms with E-state index in [0.29, 0.717) is 0 Å². The Morgan fingerprint density at radius 3 is 0.682 bits per heavy atom. The van der Waals surface area contributed by atoms with E-state index >= 15 is 0 Å². The van der Waals surface area contributed by atoms with Gasteiger partial charge in [0.1, 0.15) is 0 Å². The average Bonchev–Trinajstić information content (AvgIpc) is 2.54. The first kappa shape index (κ1) is 21.0. The Balaban J connectivity index is 2.94. The van der Waals surface area contributed by atoms with Crippen LogP contribution in [0.2, 0.25) is 0 Å². The third-order valence-electron chi connectivity index (χ3n) is 4.29. The minimum atomic E-state index is 0.723. The molecule has 0 aliphatic rings. The first-order valence-electron chi connectivity index (χ1n) is 9.58. The summed E-state index contributed by atoms with van der Waals surface area (Å²) in [6.07, 6.45) is 21.3. The smallest absolute Gasteiger partial charge is 0.214 e. The summed E-state index contributed by atoms with van der Waals surface area (Å²) in [6.45, 7) is 14.9. The van der Waals surface area contributed by atoms with Crippen LogP contribution in [0.3, 0.4) is 0 Å². The van der Waals surface area contributed by atoms with E-state index in [1.807, 2.05) is 0 Å². The highest BCUT2D eigenvalue weighted by Gasteiger charge is 1.95. The molecule has 0 rings (SSSR count). The van der Waals surface area contributed by atoms with Gasteiger partial charge in [-0.05, 0) is 12.8 Å². The van der Waals surface area contributed by atoms with E-state index in [1.54, 1.807) is 0 Å². The standard InChI is InChI=1S/C20H36N2/c1-21-19-17-15-13-11-9-7-5-3-4-6-8-10-12-14-16-18-20-22-2/h3-20H2. The molecule has 0 aliphatic carbocycles. The van der Waals surface area contributed by atoms with E-state index in [4.69, 9.17) is 13.1 Å². The van der Waals surface area contributed by atoms with Crippen LogP contribution >= 0.6 is 0 Å². The molecule has 0 unspecified atom stereocenters. The van der Waals surface area contributed by atoms with Crippen molar-refractivity contribution >= 4 is 0 Å². The van der Waals surface area contributed by atoms with Crippen molar-refractivity contribution in [3.8, 4) is 0 Å². The van der Waals surface area contributed by atoms with E-state index in [-0.39, 0.29) is 0 Å². The predicted octanol–water partition coefficient (Wildman–Crippen LogP) is 7.07. The number of nitrogens with zero attached hydrogens (tertiary/aromatic N) is 2. The van der Waals surface area contributed by atoms with Gasteiger partial charge in [0.2, 0.25) is 13.1 Å². The van der Waals surface area contributed by atoms with Crippen LogP contribution in [0.1, 0.15) is 103 Å². The van der Waals surface area contributed by atoms with Crippen LogP contribution in [-0.2, 0) is 0 Å². The molecular weight excluding hydrogens is 268 g/mol. The molecule has 0 saturated heterocycles. The quantitative estimate of drug-likeness (QED) is 0.201. The Labute approximate surface area is 139 Å². The molecule has 0 saturated carbocycles. The number of hydrogen-bond donors (Lipinski definition) is 0. The lowest BCUT2D eigenvalue weighted by atomic mass is 10.0. The van der Waals surface area contributed by atoms with Gasteiger partial charge in [0.05, 0.1) is 0 Å². The van der Waals surface area contributed by atoms with E-state index in [2.05, 4.69) is 9.69 Å². The SMILES string of the molecule is [C-]#[N+]CCCCCCCCCCCCCCCCCC[N+]#[C-]. The normalized spacial score (nSPS) is 10.3. The lowest BCUT2D eigenvalue weighted by Crippen LogP contribution is -1.84. The van der Waals surface area contributed by atoms with Crippen molar-refractivity contribution in [1.29, 1.82) is 0 Å². The highest BCUT2D eigenvalue weighted by molar-refractivity contribution is 4.59. The van der Waals surface area contributed by atoms with Gasteiger partial charge in [0.15, 0.2) is 0 Å². The maximum atomic E-state index is 6.72. The predicted molar refractivity (Wildman–Crippen MR) is 96.8 cm³/mol.